The van der Waals surface area contributed by atoms with Gasteiger partial charge in [0.1, 0.15) is 12.2 Å². The van der Waals surface area contributed by atoms with E-state index in [2.05, 4.69) is 10.6 Å². The number of anilines is 2. The molecule has 0 saturated heterocycles. The third-order valence-electron chi connectivity index (χ3n) is 4.42. The molecule has 2 unspecified atom stereocenters. The number of carbonyl (C=O) groups is 2. The molecule has 2 N–H and O–H groups in total. The molecule has 6 heteroatoms. The minimum Gasteiger partial charge on any atom is -0.446 e. The zero-order valence-electron chi connectivity index (χ0n) is 15.1. The maximum Gasteiger partial charge on any atom is 0.411 e. The molecule has 1 saturated carbocycles. The van der Waals surface area contributed by atoms with Gasteiger partial charge in [-0.25, -0.2) is 9.59 Å². The lowest BCUT2D eigenvalue weighted by Gasteiger charge is -2.21. The molecule has 6 nitrogen and oxygen atoms in total. The Labute approximate surface area is 158 Å². The summed E-state index contributed by atoms with van der Waals surface area (Å²) in [6.45, 7) is 0. The van der Waals surface area contributed by atoms with Gasteiger partial charge in [0.25, 0.3) is 0 Å². The highest BCUT2D eigenvalue weighted by molar-refractivity contribution is 5.85. The summed E-state index contributed by atoms with van der Waals surface area (Å²) < 4.78 is 11.1. The Hall–Kier alpha value is -3.02. The molecule has 1 aliphatic carbocycles. The summed E-state index contributed by atoms with van der Waals surface area (Å²) in [4.78, 5) is 24.2. The van der Waals surface area contributed by atoms with Gasteiger partial charge in [0.05, 0.1) is 0 Å². The average molecular weight is 368 g/mol. The van der Waals surface area contributed by atoms with Crippen molar-refractivity contribution in [3.8, 4) is 0 Å². The number of para-hydroxylation sites is 2. The van der Waals surface area contributed by atoms with Crippen LogP contribution in [0.1, 0.15) is 32.1 Å². The molecule has 142 valence electrons. The largest absolute Gasteiger partial charge is 0.446 e. The smallest absolute Gasteiger partial charge is 0.411 e. The van der Waals surface area contributed by atoms with Crippen LogP contribution in [0.25, 0.3) is 0 Å². The van der Waals surface area contributed by atoms with Crippen molar-refractivity contribution in [1.82, 2.24) is 0 Å². The van der Waals surface area contributed by atoms with E-state index in [0.717, 1.165) is 25.7 Å². The summed E-state index contributed by atoms with van der Waals surface area (Å²) in [5.74, 6) is 0. The van der Waals surface area contributed by atoms with Crippen molar-refractivity contribution in [3.05, 3.63) is 60.7 Å². The number of amides is 2. The number of hydrogen-bond acceptors (Lipinski definition) is 4. The van der Waals surface area contributed by atoms with E-state index < -0.39 is 12.2 Å². The molecule has 0 aromatic heterocycles. The molecule has 1 fully saturated rings. The molecular weight excluding hydrogens is 344 g/mol. The second kappa shape index (κ2) is 9.62. The molecule has 27 heavy (non-hydrogen) atoms. The summed E-state index contributed by atoms with van der Waals surface area (Å²) >= 11 is 0. The Morgan fingerprint density at radius 3 is 1.52 bits per heavy atom. The van der Waals surface area contributed by atoms with Gasteiger partial charge in [0.15, 0.2) is 0 Å². The van der Waals surface area contributed by atoms with Gasteiger partial charge in [-0.1, -0.05) is 36.4 Å². The van der Waals surface area contributed by atoms with Crippen molar-refractivity contribution in [3.63, 3.8) is 0 Å². The maximum atomic E-state index is 12.1. The highest BCUT2D eigenvalue weighted by Gasteiger charge is 2.26. The van der Waals surface area contributed by atoms with E-state index in [-0.39, 0.29) is 12.2 Å². The van der Waals surface area contributed by atoms with Gasteiger partial charge < -0.3 is 9.47 Å². The molecule has 3 rings (SSSR count). The van der Waals surface area contributed by atoms with Crippen molar-refractivity contribution in [2.75, 3.05) is 10.6 Å². The molecule has 0 aliphatic heterocycles. The van der Waals surface area contributed by atoms with Crippen LogP contribution in [-0.2, 0) is 9.47 Å². The van der Waals surface area contributed by atoms with Crippen LogP contribution < -0.4 is 10.6 Å². The molecular formula is C21H24N2O4. The fraction of sp³-hybridized carbons (Fsp3) is 0.333. The van der Waals surface area contributed by atoms with E-state index in [0.29, 0.717) is 17.8 Å². The molecule has 0 radical (unpaired) electrons. The van der Waals surface area contributed by atoms with Crippen LogP contribution >= 0.6 is 0 Å². The third-order valence-corrected chi connectivity index (χ3v) is 4.42. The maximum absolute atomic E-state index is 12.1. The minimum atomic E-state index is -0.486. The van der Waals surface area contributed by atoms with E-state index in [1.54, 1.807) is 24.3 Å². The van der Waals surface area contributed by atoms with Gasteiger partial charge >= 0.3 is 12.2 Å². The van der Waals surface area contributed by atoms with E-state index in [4.69, 9.17) is 9.47 Å². The fourth-order valence-corrected chi connectivity index (χ4v) is 3.13. The first-order chi connectivity index (χ1) is 13.2. The molecule has 2 atom stereocenters. The predicted octanol–water partition coefficient (Wildman–Crippen LogP) is 5.19. The standard InChI is InChI=1S/C21H24N2O4/c24-20(22-16-9-3-1-4-10-16)26-18-13-7-8-14-19(15-18)27-21(25)23-17-11-5-2-6-12-17/h1-6,9-12,18-19H,7-8,13-15H2,(H,22,24)(H,23,25). The van der Waals surface area contributed by atoms with Gasteiger partial charge in [0, 0.05) is 17.8 Å². The van der Waals surface area contributed by atoms with Crippen molar-refractivity contribution in [2.24, 2.45) is 0 Å². The van der Waals surface area contributed by atoms with Crippen molar-refractivity contribution in [1.29, 1.82) is 0 Å². The molecule has 1 aliphatic rings. The summed E-state index contributed by atoms with van der Waals surface area (Å²) in [7, 11) is 0. The SMILES string of the molecule is O=C(Nc1ccccc1)OC1CCCCC(OC(=O)Nc2ccccc2)C1. The average Bonchev–Trinajstić information content (AvgIpc) is 2.88. The van der Waals surface area contributed by atoms with E-state index in [1.165, 1.54) is 0 Å². The predicted molar refractivity (Wildman–Crippen MR) is 104 cm³/mol. The lowest BCUT2D eigenvalue weighted by Crippen LogP contribution is -2.28. The normalized spacial score (nSPS) is 19.4. The summed E-state index contributed by atoms with van der Waals surface area (Å²) in [6.07, 6.45) is 2.39. The number of carbonyl (C=O) groups excluding carboxylic acids is 2. The zero-order chi connectivity index (χ0) is 18.9. The second-order valence-electron chi connectivity index (χ2n) is 6.56. The van der Waals surface area contributed by atoms with Crippen LogP contribution in [0.5, 0.6) is 0 Å². The Kier molecular flexibility index (Phi) is 6.68. The molecule has 0 bridgehead atoms. The van der Waals surface area contributed by atoms with Crippen LogP contribution in [0, 0.1) is 0 Å². The van der Waals surface area contributed by atoms with Gasteiger partial charge in [0.2, 0.25) is 0 Å². The van der Waals surface area contributed by atoms with Gasteiger partial charge in [-0.3, -0.25) is 10.6 Å². The molecule has 0 heterocycles. The number of ether oxygens (including phenoxy) is 2. The fourth-order valence-electron chi connectivity index (χ4n) is 3.13. The first-order valence-corrected chi connectivity index (χ1v) is 9.24. The van der Waals surface area contributed by atoms with Crippen LogP contribution in [-0.4, -0.2) is 24.4 Å². The summed E-state index contributed by atoms with van der Waals surface area (Å²) in [6, 6.07) is 18.3. The second-order valence-corrected chi connectivity index (χ2v) is 6.56. The molecule has 0 spiro atoms. The summed E-state index contributed by atoms with van der Waals surface area (Å²) in [5, 5.41) is 5.43. The zero-order valence-corrected chi connectivity index (χ0v) is 15.1. The third kappa shape index (κ3) is 6.33. The van der Waals surface area contributed by atoms with E-state index in [1.807, 2.05) is 36.4 Å². The highest BCUT2D eigenvalue weighted by Crippen LogP contribution is 2.24. The Balaban J connectivity index is 1.49. The highest BCUT2D eigenvalue weighted by atomic mass is 16.6. The van der Waals surface area contributed by atoms with E-state index >= 15 is 0 Å². The Morgan fingerprint density at radius 1 is 0.704 bits per heavy atom. The van der Waals surface area contributed by atoms with Crippen LogP contribution in [0.4, 0.5) is 21.0 Å². The summed E-state index contributed by atoms with van der Waals surface area (Å²) in [5.41, 5.74) is 1.37. The molecule has 2 amide bonds. The van der Waals surface area contributed by atoms with Crippen molar-refractivity contribution < 1.29 is 19.1 Å². The van der Waals surface area contributed by atoms with Crippen LogP contribution in [0.15, 0.2) is 60.7 Å². The Morgan fingerprint density at radius 2 is 1.11 bits per heavy atom. The van der Waals surface area contributed by atoms with Gasteiger partial charge in [-0.2, -0.15) is 0 Å². The van der Waals surface area contributed by atoms with Crippen molar-refractivity contribution >= 4 is 23.6 Å². The van der Waals surface area contributed by atoms with Gasteiger partial charge in [-0.15, -0.1) is 0 Å². The number of hydrogen-bond donors (Lipinski definition) is 2. The number of rotatable bonds is 4. The van der Waals surface area contributed by atoms with Crippen LogP contribution in [0.3, 0.4) is 0 Å². The first-order valence-electron chi connectivity index (χ1n) is 9.24. The van der Waals surface area contributed by atoms with Crippen molar-refractivity contribution in [2.45, 2.75) is 44.3 Å². The topological polar surface area (TPSA) is 76.7 Å². The quantitative estimate of drug-likeness (QED) is 0.729. The minimum absolute atomic E-state index is 0.272. The van der Waals surface area contributed by atoms with Gasteiger partial charge in [-0.05, 0) is 49.9 Å². The lowest BCUT2D eigenvalue weighted by atomic mass is 10.1. The number of benzene rings is 2. The molecule has 2 aromatic carbocycles. The first kappa shape index (κ1) is 18.8. The lowest BCUT2D eigenvalue weighted by molar-refractivity contribution is 0.0523. The van der Waals surface area contributed by atoms with E-state index in [9.17, 15) is 9.59 Å². The number of nitrogens with one attached hydrogen (secondary N) is 2. The van der Waals surface area contributed by atoms with Crippen LogP contribution in [0.2, 0.25) is 0 Å². The molecule has 2 aromatic rings. The Bertz CT molecular complexity index is 673. The monoisotopic (exact) mass is 368 g/mol.